The molecule has 0 unspecified atom stereocenters. The summed E-state index contributed by atoms with van der Waals surface area (Å²) in [6.07, 6.45) is -3.40. The molecule has 5 nitrogen and oxygen atoms in total. The van der Waals surface area contributed by atoms with E-state index in [9.17, 15) is 22.8 Å². The number of carbonyl (C=O) groups is 2. The highest BCUT2D eigenvalue weighted by molar-refractivity contribution is 5.97. The minimum atomic E-state index is -4.70. The molecule has 1 heterocycles. The number of hydrogen-bond donors (Lipinski definition) is 2. The second-order valence-electron chi connectivity index (χ2n) is 6.86. The second-order valence-corrected chi connectivity index (χ2v) is 6.86. The largest absolute Gasteiger partial charge is 0.464 e. The van der Waals surface area contributed by atoms with Crippen molar-refractivity contribution in [2.24, 2.45) is 0 Å². The predicted molar refractivity (Wildman–Crippen MR) is 104 cm³/mol. The van der Waals surface area contributed by atoms with E-state index < -0.39 is 23.6 Å². The Kier molecular flexibility index (Phi) is 5.37. The summed E-state index contributed by atoms with van der Waals surface area (Å²) in [5.41, 5.74) is 1.84. The van der Waals surface area contributed by atoms with Gasteiger partial charge < -0.3 is 15.1 Å². The fraction of sp³-hybridized carbons (Fsp3) is 0.238. The molecular formula is C21H19F3N2O3. The number of aryl methyl sites for hydroxylation is 2. The molecule has 0 saturated heterocycles. The molecule has 0 aliphatic heterocycles. The highest BCUT2D eigenvalue weighted by Gasteiger charge is 2.34. The molecule has 0 aliphatic rings. The minimum absolute atomic E-state index is 0.00509. The lowest BCUT2D eigenvalue weighted by atomic mass is 10.0. The maximum atomic E-state index is 13.4. The molecule has 152 valence electrons. The second kappa shape index (κ2) is 7.62. The van der Waals surface area contributed by atoms with Gasteiger partial charge in [0.25, 0.3) is 0 Å². The van der Waals surface area contributed by atoms with E-state index in [1.807, 2.05) is 26.0 Å². The molecule has 29 heavy (non-hydrogen) atoms. The Morgan fingerprint density at radius 3 is 2.38 bits per heavy atom. The Morgan fingerprint density at radius 1 is 1.03 bits per heavy atom. The summed E-state index contributed by atoms with van der Waals surface area (Å²) in [5.74, 6) is -1.10. The van der Waals surface area contributed by atoms with Crippen molar-refractivity contribution in [2.45, 2.75) is 33.4 Å². The summed E-state index contributed by atoms with van der Waals surface area (Å²) in [5, 5.41) is 5.36. The first-order valence-electron chi connectivity index (χ1n) is 8.80. The topological polar surface area (TPSA) is 71.3 Å². The molecule has 0 atom stereocenters. The van der Waals surface area contributed by atoms with E-state index in [1.165, 1.54) is 19.3 Å². The molecule has 2 aromatic carbocycles. The zero-order valence-corrected chi connectivity index (χ0v) is 16.0. The molecule has 0 bridgehead atoms. The van der Waals surface area contributed by atoms with Crippen LogP contribution in [0.4, 0.5) is 24.5 Å². The van der Waals surface area contributed by atoms with Gasteiger partial charge in [0.05, 0.1) is 23.9 Å². The van der Waals surface area contributed by atoms with Gasteiger partial charge in [0.15, 0.2) is 0 Å². The standard InChI is InChI=1S/C21H19F3N2O3/c1-11-6-16-14(10-29-19(16)7-12(11)2)8-20(28)26-18-5-4-15(25-13(3)27)9-17(18)21(22,23)24/h4-7,9-10H,8H2,1-3H3,(H,25,27)(H,26,28). The predicted octanol–water partition coefficient (Wildman–Crippen LogP) is 5.21. The number of rotatable bonds is 4. The molecular weight excluding hydrogens is 385 g/mol. The summed E-state index contributed by atoms with van der Waals surface area (Å²) in [4.78, 5) is 23.5. The fourth-order valence-electron chi connectivity index (χ4n) is 3.01. The lowest BCUT2D eigenvalue weighted by Crippen LogP contribution is -2.18. The Labute approximate surface area is 164 Å². The first kappa shape index (κ1) is 20.4. The van der Waals surface area contributed by atoms with Crippen molar-refractivity contribution >= 4 is 34.2 Å². The van der Waals surface area contributed by atoms with Gasteiger partial charge in [0.2, 0.25) is 11.8 Å². The van der Waals surface area contributed by atoms with Crippen molar-refractivity contribution in [3.63, 3.8) is 0 Å². The quantitative estimate of drug-likeness (QED) is 0.627. The number of halogens is 3. The summed E-state index contributed by atoms with van der Waals surface area (Å²) in [6, 6.07) is 6.95. The number of hydrogen-bond acceptors (Lipinski definition) is 3. The number of nitrogens with one attached hydrogen (secondary N) is 2. The van der Waals surface area contributed by atoms with Crippen molar-refractivity contribution < 1.29 is 27.2 Å². The lowest BCUT2D eigenvalue weighted by Gasteiger charge is -2.15. The summed E-state index contributed by atoms with van der Waals surface area (Å²) in [6.45, 7) is 5.06. The van der Waals surface area contributed by atoms with Crippen molar-refractivity contribution in [1.29, 1.82) is 0 Å². The summed E-state index contributed by atoms with van der Waals surface area (Å²) >= 11 is 0. The number of carbonyl (C=O) groups excluding carboxylic acids is 2. The molecule has 2 amide bonds. The van der Waals surface area contributed by atoms with E-state index >= 15 is 0 Å². The van der Waals surface area contributed by atoms with Crippen LogP contribution in [0.5, 0.6) is 0 Å². The molecule has 0 saturated carbocycles. The Bertz CT molecular complexity index is 1100. The highest BCUT2D eigenvalue weighted by atomic mass is 19.4. The van der Waals surface area contributed by atoms with Crippen molar-refractivity contribution in [1.82, 2.24) is 0 Å². The monoisotopic (exact) mass is 404 g/mol. The Morgan fingerprint density at radius 2 is 1.72 bits per heavy atom. The molecule has 1 aromatic heterocycles. The van der Waals surface area contributed by atoms with Crippen molar-refractivity contribution in [2.75, 3.05) is 10.6 Å². The van der Waals surface area contributed by atoms with Crippen LogP contribution in [0.3, 0.4) is 0 Å². The number of anilines is 2. The van der Waals surface area contributed by atoms with Gasteiger partial charge in [-0.15, -0.1) is 0 Å². The van der Waals surface area contributed by atoms with Gasteiger partial charge in [0.1, 0.15) is 5.58 Å². The van der Waals surface area contributed by atoms with E-state index in [1.54, 1.807) is 0 Å². The van der Waals surface area contributed by atoms with E-state index in [-0.39, 0.29) is 17.8 Å². The molecule has 8 heteroatoms. The zero-order valence-electron chi connectivity index (χ0n) is 16.0. The van der Waals surface area contributed by atoms with Crippen LogP contribution in [0.25, 0.3) is 11.0 Å². The summed E-state index contributed by atoms with van der Waals surface area (Å²) in [7, 11) is 0. The highest BCUT2D eigenvalue weighted by Crippen LogP contribution is 2.37. The Hall–Kier alpha value is -3.29. The van der Waals surface area contributed by atoms with E-state index in [2.05, 4.69) is 10.6 Å². The maximum absolute atomic E-state index is 13.4. The number of fused-ring (bicyclic) bond motifs is 1. The molecule has 0 spiro atoms. The first-order valence-corrected chi connectivity index (χ1v) is 8.80. The average Bonchev–Trinajstić information content (AvgIpc) is 2.97. The van der Waals surface area contributed by atoms with E-state index in [4.69, 9.17) is 4.42 Å². The lowest BCUT2D eigenvalue weighted by molar-refractivity contribution is -0.137. The third-order valence-electron chi connectivity index (χ3n) is 4.54. The van der Waals surface area contributed by atoms with Crippen LogP contribution in [0.1, 0.15) is 29.2 Å². The van der Waals surface area contributed by atoms with Gasteiger partial charge in [-0.25, -0.2) is 0 Å². The van der Waals surface area contributed by atoms with Crippen LogP contribution in [-0.4, -0.2) is 11.8 Å². The number of furan rings is 1. The van der Waals surface area contributed by atoms with Gasteiger partial charge in [-0.1, -0.05) is 0 Å². The SMILES string of the molecule is CC(=O)Nc1ccc(NC(=O)Cc2coc3cc(C)c(C)cc23)c(C(F)(F)F)c1. The smallest absolute Gasteiger partial charge is 0.418 e. The molecule has 0 aliphatic carbocycles. The Balaban J connectivity index is 1.85. The zero-order chi connectivity index (χ0) is 21.3. The average molecular weight is 404 g/mol. The molecule has 0 radical (unpaired) electrons. The number of amides is 2. The number of benzene rings is 2. The van der Waals surface area contributed by atoms with Crippen molar-refractivity contribution in [3.05, 3.63) is 58.8 Å². The molecule has 3 aromatic rings. The normalized spacial score (nSPS) is 11.5. The van der Waals surface area contributed by atoms with Gasteiger partial charge >= 0.3 is 6.18 Å². The molecule has 3 rings (SSSR count). The molecule has 2 N–H and O–H groups in total. The van der Waals surface area contributed by atoms with Crippen LogP contribution < -0.4 is 10.6 Å². The fourth-order valence-corrected chi connectivity index (χ4v) is 3.01. The third kappa shape index (κ3) is 4.59. The number of alkyl halides is 3. The maximum Gasteiger partial charge on any atom is 0.418 e. The van der Waals surface area contributed by atoms with Gasteiger partial charge in [-0.2, -0.15) is 13.2 Å². The summed E-state index contributed by atoms with van der Waals surface area (Å²) < 4.78 is 45.7. The first-order chi connectivity index (χ1) is 13.5. The van der Waals surface area contributed by atoms with E-state index in [0.717, 1.165) is 28.6 Å². The minimum Gasteiger partial charge on any atom is -0.464 e. The van der Waals surface area contributed by atoms with Crippen LogP contribution >= 0.6 is 0 Å². The van der Waals surface area contributed by atoms with Crippen LogP contribution in [0, 0.1) is 13.8 Å². The van der Waals surface area contributed by atoms with Crippen LogP contribution in [0.2, 0.25) is 0 Å². The van der Waals surface area contributed by atoms with Gasteiger partial charge in [-0.05, 0) is 55.3 Å². The molecule has 0 fully saturated rings. The van der Waals surface area contributed by atoms with Crippen LogP contribution in [-0.2, 0) is 22.2 Å². The van der Waals surface area contributed by atoms with Gasteiger partial charge in [-0.3, -0.25) is 9.59 Å². The van der Waals surface area contributed by atoms with Crippen LogP contribution in [0.15, 0.2) is 41.0 Å². The van der Waals surface area contributed by atoms with E-state index in [0.29, 0.717) is 11.1 Å². The third-order valence-corrected chi connectivity index (χ3v) is 4.54. The van der Waals surface area contributed by atoms with Gasteiger partial charge in [0, 0.05) is 23.6 Å². The van der Waals surface area contributed by atoms with Crippen molar-refractivity contribution in [3.8, 4) is 0 Å².